The quantitative estimate of drug-likeness (QED) is 0.0946. The number of hydrogen-bond donors (Lipinski definition) is 1. The molecule has 0 unspecified atom stereocenters. The van der Waals surface area contributed by atoms with E-state index in [0.29, 0.717) is 0 Å². The van der Waals surface area contributed by atoms with Crippen LogP contribution in [0.15, 0.2) is 103 Å². The second-order valence-corrected chi connectivity index (χ2v) is 12.7. The Bertz CT molecular complexity index is 2150. The molecule has 0 saturated carbocycles. The van der Waals surface area contributed by atoms with Crippen molar-refractivity contribution in [3.8, 4) is 5.69 Å². The van der Waals surface area contributed by atoms with Gasteiger partial charge in [-0.3, -0.25) is 9.78 Å². The second kappa shape index (κ2) is 14.7. The molecule has 46 heavy (non-hydrogen) atoms. The fourth-order valence-electron chi connectivity index (χ4n) is 6.40. The number of hydrogen-bond acceptors (Lipinski definition) is 4. The Labute approximate surface area is 288 Å². The summed E-state index contributed by atoms with van der Waals surface area (Å²) in [5, 5.41) is 15.7. The number of aliphatic hydroxyl groups is 1. The molecule has 7 aromatic rings. The Balaban J connectivity index is 0.000000225. The summed E-state index contributed by atoms with van der Waals surface area (Å²) in [5.74, 6) is 0.547. The van der Waals surface area contributed by atoms with Gasteiger partial charge in [0.25, 0.3) is 0 Å². The number of nitrogens with zero attached hydrogens (tertiary/aromatic N) is 2. The molecule has 4 aromatic carbocycles. The summed E-state index contributed by atoms with van der Waals surface area (Å²) in [6, 6.07) is 33.7. The second-order valence-electron chi connectivity index (χ2n) is 11.6. The molecule has 0 aliphatic heterocycles. The van der Waals surface area contributed by atoms with Crippen LogP contribution in [0.25, 0.3) is 58.6 Å². The van der Waals surface area contributed by atoms with E-state index >= 15 is 0 Å². The predicted molar refractivity (Wildman–Crippen MR) is 192 cm³/mol. The number of aliphatic hydroxyl groups excluding tert-OH is 1. The number of allylic oxidation sites excluding steroid dienone is 2. The van der Waals surface area contributed by atoms with Gasteiger partial charge in [0.1, 0.15) is 0 Å². The Morgan fingerprint density at radius 1 is 0.826 bits per heavy atom. The van der Waals surface area contributed by atoms with Crippen LogP contribution in [0.5, 0.6) is 0 Å². The smallest absolute Gasteiger partial charge is 0.162 e. The minimum absolute atomic E-state index is 0. The molecule has 1 radical (unpaired) electrons. The molecule has 0 amide bonds. The summed E-state index contributed by atoms with van der Waals surface area (Å²) in [7, 11) is 0. The van der Waals surface area contributed by atoms with Crippen LogP contribution in [0.2, 0.25) is 0 Å². The van der Waals surface area contributed by atoms with Crippen molar-refractivity contribution in [2.45, 2.75) is 53.4 Å². The van der Waals surface area contributed by atoms with E-state index < -0.39 is 0 Å². The number of ketones is 1. The van der Waals surface area contributed by atoms with Gasteiger partial charge in [0, 0.05) is 70.9 Å². The van der Waals surface area contributed by atoms with Gasteiger partial charge < -0.3 is 9.67 Å². The first-order valence-corrected chi connectivity index (χ1v) is 16.9. The fraction of sp³-hybridized carbons (Fsp3) is 0.250. The van der Waals surface area contributed by atoms with Gasteiger partial charge in [-0.25, -0.2) is 0 Å². The average molecular weight is 804 g/mol. The van der Waals surface area contributed by atoms with E-state index in [2.05, 4.69) is 95.6 Å². The molecule has 0 saturated heterocycles. The number of carbonyl (C=O) groups excluding carboxylic acids is 1. The van der Waals surface area contributed by atoms with Gasteiger partial charge in [0.05, 0.1) is 16.8 Å². The van der Waals surface area contributed by atoms with Crippen LogP contribution in [0.3, 0.4) is 0 Å². The van der Waals surface area contributed by atoms with Crippen LogP contribution in [-0.4, -0.2) is 20.4 Å². The van der Waals surface area contributed by atoms with Gasteiger partial charge in [-0.05, 0) is 60.7 Å². The standard InChI is InChI=1S/C27H15N2S.C13H24O2.Ir/c1-2-9-19(10-3-1)29-21-11-6-12-23-25(21)26-22(29)13-14-28-27(26)20-15-17-7-4-5-8-18(17)16-24(20)30-23;1-5-10(6-2)12(14)9-13(15)11(7-3)8-4;/h1-14,16H;9-11,14H,5-8H2,1-4H3;/q-1;;/b;12-9-;. The molecular formula is C40H39IrN2O2S-. The maximum atomic E-state index is 11.7. The predicted octanol–water partition coefficient (Wildman–Crippen LogP) is 11.4. The zero-order valence-electron chi connectivity index (χ0n) is 26.7. The molecule has 4 nitrogen and oxygen atoms in total. The number of fused-ring (bicyclic) bond motifs is 3. The maximum absolute atomic E-state index is 11.7. The van der Waals surface area contributed by atoms with E-state index in [0.717, 1.165) is 42.0 Å². The topological polar surface area (TPSA) is 55.1 Å². The van der Waals surface area contributed by atoms with Gasteiger partial charge in [-0.2, -0.15) is 11.3 Å². The fourth-order valence-corrected chi connectivity index (χ4v) is 7.53. The number of pyridine rings is 1. The molecular weight excluding hydrogens is 765 g/mol. The van der Waals surface area contributed by atoms with E-state index in [9.17, 15) is 9.90 Å². The number of aromatic nitrogens is 2. The number of carbonyl (C=O) groups is 1. The van der Waals surface area contributed by atoms with E-state index in [-0.39, 0.29) is 43.5 Å². The van der Waals surface area contributed by atoms with Gasteiger partial charge in [0.2, 0.25) is 0 Å². The third-order valence-corrected chi connectivity index (χ3v) is 10.1. The summed E-state index contributed by atoms with van der Waals surface area (Å²) >= 11 is 1.82. The normalized spacial score (nSPS) is 11.9. The maximum Gasteiger partial charge on any atom is 0.162 e. The molecule has 0 aliphatic carbocycles. The summed E-state index contributed by atoms with van der Waals surface area (Å²) in [6.07, 6.45) is 6.84. The minimum atomic E-state index is 0. The Morgan fingerprint density at radius 2 is 1.50 bits per heavy atom. The van der Waals surface area contributed by atoms with Crippen molar-refractivity contribution in [1.82, 2.24) is 9.55 Å². The first-order chi connectivity index (χ1) is 22.0. The van der Waals surface area contributed by atoms with E-state index in [1.807, 2.05) is 45.2 Å². The van der Waals surface area contributed by atoms with Crippen LogP contribution in [0.1, 0.15) is 53.4 Å². The summed E-state index contributed by atoms with van der Waals surface area (Å²) in [4.78, 5) is 16.6. The average Bonchev–Trinajstić information content (AvgIpc) is 3.34. The van der Waals surface area contributed by atoms with E-state index in [1.165, 1.54) is 48.4 Å². The van der Waals surface area contributed by atoms with Crippen molar-refractivity contribution >= 4 is 70.0 Å². The van der Waals surface area contributed by atoms with Crippen molar-refractivity contribution in [1.29, 1.82) is 0 Å². The molecule has 3 heterocycles. The molecule has 6 heteroatoms. The molecule has 237 valence electrons. The third kappa shape index (κ3) is 6.27. The van der Waals surface area contributed by atoms with Crippen molar-refractivity contribution < 1.29 is 30.0 Å². The molecule has 0 spiro atoms. The first kappa shape index (κ1) is 33.5. The number of para-hydroxylation sites is 1. The molecule has 0 fully saturated rings. The SMILES string of the molecule is CCC(CC)C(=O)/C=C(\O)C(CC)CC.[Ir].[c-]1c2ccccc2cc2sc3cccc4c3c3c(nccc3n4-c3ccccc3)c12. The van der Waals surface area contributed by atoms with Gasteiger partial charge in [-0.1, -0.05) is 80.9 Å². The number of benzene rings is 4. The van der Waals surface area contributed by atoms with Crippen LogP contribution >= 0.6 is 11.3 Å². The van der Waals surface area contributed by atoms with Crippen LogP contribution < -0.4 is 0 Å². The molecule has 0 aliphatic rings. The van der Waals surface area contributed by atoms with E-state index in [4.69, 9.17) is 4.98 Å². The van der Waals surface area contributed by atoms with Crippen LogP contribution in [0.4, 0.5) is 0 Å². The summed E-state index contributed by atoms with van der Waals surface area (Å²) < 4.78 is 4.83. The van der Waals surface area contributed by atoms with E-state index in [1.54, 1.807) is 0 Å². The van der Waals surface area contributed by atoms with Crippen LogP contribution in [-0.2, 0) is 24.9 Å². The van der Waals surface area contributed by atoms with Crippen LogP contribution in [0, 0.1) is 17.9 Å². The van der Waals surface area contributed by atoms with Crippen molar-refractivity contribution in [3.63, 3.8) is 0 Å². The zero-order chi connectivity index (χ0) is 31.5. The number of rotatable bonds is 8. The molecule has 7 rings (SSSR count). The molecule has 1 N–H and O–H groups in total. The largest absolute Gasteiger partial charge is 0.512 e. The van der Waals surface area contributed by atoms with Gasteiger partial charge in [-0.15, -0.1) is 23.6 Å². The minimum Gasteiger partial charge on any atom is -0.512 e. The summed E-state index contributed by atoms with van der Waals surface area (Å²) in [6.45, 7) is 8.07. The Kier molecular flexibility index (Phi) is 10.7. The van der Waals surface area contributed by atoms with Crippen molar-refractivity contribution in [2.75, 3.05) is 0 Å². The Morgan fingerprint density at radius 3 is 2.22 bits per heavy atom. The van der Waals surface area contributed by atoms with Gasteiger partial charge >= 0.3 is 0 Å². The monoisotopic (exact) mass is 804 g/mol. The Hall–Kier alpha value is -3.83. The molecule has 3 aromatic heterocycles. The third-order valence-electron chi connectivity index (χ3n) is 8.97. The first-order valence-electron chi connectivity index (χ1n) is 16.0. The molecule has 0 bridgehead atoms. The van der Waals surface area contributed by atoms with Crippen molar-refractivity contribution in [2.24, 2.45) is 11.8 Å². The molecule has 0 atom stereocenters. The summed E-state index contributed by atoms with van der Waals surface area (Å²) in [5.41, 5.74) is 4.59. The zero-order valence-corrected chi connectivity index (χ0v) is 29.9. The van der Waals surface area contributed by atoms with Gasteiger partial charge in [0.15, 0.2) is 5.78 Å². The van der Waals surface area contributed by atoms with Crippen molar-refractivity contribution in [3.05, 3.63) is 109 Å².